The average molecular weight is 365 g/mol. The van der Waals surface area contributed by atoms with Gasteiger partial charge in [-0.25, -0.2) is 0 Å². The summed E-state index contributed by atoms with van der Waals surface area (Å²) in [5.74, 6) is -1.02. The van der Waals surface area contributed by atoms with Gasteiger partial charge in [-0.1, -0.05) is 12.1 Å². The van der Waals surface area contributed by atoms with Crippen LogP contribution in [0.2, 0.25) is 0 Å². The molecule has 0 spiro atoms. The van der Waals surface area contributed by atoms with E-state index >= 15 is 0 Å². The predicted molar refractivity (Wildman–Crippen MR) is 89.7 cm³/mol. The molecule has 24 heavy (non-hydrogen) atoms. The maximum absolute atomic E-state index is 12.6. The van der Waals surface area contributed by atoms with Gasteiger partial charge in [0.1, 0.15) is 6.04 Å². The van der Waals surface area contributed by atoms with Gasteiger partial charge in [0.2, 0.25) is 17.1 Å². The van der Waals surface area contributed by atoms with Crippen molar-refractivity contribution < 1.29 is 21.2 Å². The summed E-state index contributed by atoms with van der Waals surface area (Å²) >= 11 is -5.06. The number of anilines is 1. The second-order valence-corrected chi connectivity index (χ2v) is 6.98. The smallest absolute Gasteiger partial charge is 0.241 e. The normalized spacial score (nSPS) is 17.7. The number of hydrogen-bond donors (Lipinski definition) is 1. The van der Waals surface area contributed by atoms with Crippen LogP contribution in [-0.2, 0) is 15.3 Å². The first kappa shape index (κ1) is 18.9. The largest absolute Gasteiger partial charge is 0.383 e. The van der Waals surface area contributed by atoms with Gasteiger partial charge < -0.3 is 20.3 Å². The van der Waals surface area contributed by atoms with Gasteiger partial charge in [-0.2, -0.15) is 0 Å². The lowest BCUT2D eigenvalue weighted by Crippen LogP contribution is -2.54. The standard InChI is InChI=1S/C15H22F3N3O2S/c1-23-10-14(19)15(22)21-7-5-20(6-8-21)13-4-2-3-12(9-13)11-24(16,17)18/h2-4,9,14H,5-8,10-11,19H2,1H3/t14-/m0/s1. The van der Waals surface area contributed by atoms with Gasteiger partial charge in [0.05, 0.1) is 12.4 Å². The van der Waals surface area contributed by atoms with Crippen molar-refractivity contribution in [2.24, 2.45) is 5.73 Å². The average Bonchev–Trinajstić information content (AvgIpc) is 2.53. The van der Waals surface area contributed by atoms with Crippen molar-refractivity contribution in [2.75, 3.05) is 44.8 Å². The minimum Gasteiger partial charge on any atom is -0.383 e. The van der Waals surface area contributed by atoms with Crippen LogP contribution in [0.3, 0.4) is 0 Å². The molecule has 0 radical (unpaired) electrons. The van der Waals surface area contributed by atoms with Gasteiger partial charge in [0, 0.05) is 39.0 Å². The summed E-state index contributed by atoms with van der Waals surface area (Å²) in [6.07, 6.45) is 0. The van der Waals surface area contributed by atoms with E-state index in [0.717, 1.165) is 5.69 Å². The number of rotatable bonds is 6. The Hall–Kier alpha value is -1.45. The van der Waals surface area contributed by atoms with Crippen LogP contribution in [-0.4, -0.2) is 56.7 Å². The molecule has 1 aromatic rings. The Kier molecular flexibility index (Phi) is 6.36. The van der Waals surface area contributed by atoms with Crippen LogP contribution < -0.4 is 10.6 Å². The maximum atomic E-state index is 12.6. The van der Waals surface area contributed by atoms with E-state index in [1.54, 1.807) is 23.1 Å². The Morgan fingerprint density at radius 1 is 1.29 bits per heavy atom. The van der Waals surface area contributed by atoms with Crippen molar-refractivity contribution in [3.8, 4) is 0 Å². The fourth-order valence-corrected chi connectivity index (χ4v) is 3.26. The molecule has 1 aliphatic heterocycles. The SMILES string of the molecule is COC[C@H](N)C(=O)N1CCN(c2cccc(CS(F)(F)F)c2)CC1. The van der Waals surface area contributed by atoms with E-state index in [2.05, 4.69) is 0 Å². The fraction of sp³-hybridized carbons (Fsp3) is 0.533. The van der Waals surface area contributed by atoms with Crippen molar-refractivity contribution >= 4 is 22.8 Å². The molecule has 0 unspecified atom stereocenters. The summed E-state index contributed by atoms with van der Waals surface area (Å²) in [6, 6.07) is 5.83. The number of nitrogens with zero attached hydrogens (tertiary/aromatic N) is 2. The summed E-state index contributed by atoms with van der Waals surface area (Å²) in [6.45, 7) is 2.28. The van der Waals surface area contributed by atoms with Gasteiger partial charge >= 0.3 is 0 Å². The number of benzene rings is 1. The number of nitrogens with two attached hydrogens (primary N) is 1. The van der Waals surface area contributed by atoms with Crippen LogP contribution in [0.5, 0.6) is 0 Å². The lowest BCUT2D eigenvalue weighted by atomic mass is 10.2. The van der Waals surface area contributed by atoms with Crippen molar-refractivity contribution in [1.29, 1.82) is 0 Å². The molecule has 9 heteroatoms. The van der Waals surface area contributed by atoms with Crippen molar-refractivity contribution in [3.63, 3.8) is 0 Å². The van der Waals surface area contributed by atoms with Crippen molar-refractivity contribution in [3.05, 3.63) is 29.8 Å². The van der Waals surface area contributed by atoms with Crippen LogP contribution >= 0.6 is 11.2 Å². The molecule has 2 N–H and O–H groups in total. The molecule has 136 valence electrons. The first-order valence-corrected chi connectivity index (χ1v) is 9.07. The maximum Gasteiger partial charge on any atom is 0.241 e. The molecule has 1 aliphatic rings. The summed E-state index contributed by atoms with van der Waals surface area (Å²) in [4.78, 5) is 15.8. The third-order valence-electron chi connectivity index (χ3n) is 3.86. The van der Waals surface area contributed by atoms with Crippen LogP contribution in [0.15, 0.2) is 24.3 Å². The number of carbonyl (C=O) groups is 1. The van der Waals surface area contributed by atoms with Crippen LogP contribution in [0.25, 0.3) is 0 Å². The van der Waals surface area contributed by atoms with E-state index in [0.29, 0.717) is 26.2 Å². The first-order valence-electron chi connectivity index (χ1n) is 7.57. The predicted octanol–water partition coefficient (Wildman–Crippen LogP) is 2.27. The zero-order valence-electron chi connectivity index (χ0n) is 13.5. The Bertz CT molecular complexity index is 563. The lowest BCUT2D eigenvalue weighted by Gasteiger charge is -2.37. The van der Waals surface area contributed by atoms with E-state index in [9.17, 15) is 16.5 Å². The van der Waals surface area contributed by atoms with Crippen LogP contribution in [0, 0.1) is 0 Å². The van der Waals surface area contributed by atoms with E-state index in [4.69, 9.17) is 10.5 Å². The van der Waals surface area contributed by atoms with E-state index in [-0.39, 0.29) is 18.1 Å². The Balaban J connectivity index is 1.95. The quantitative estimate of drug-likeness (QED) is 0.840. The number of halogens is 3. The topological polar surface area (TPSA) is 58.8 Å². The van der Waals surface area contributed by atoms with Gasteiger partial charge in [0.25, 0.3) is 0 Å². The highest BCUT2D eigenvalue weighted by Crippen LogP contribution is 2.56. The molecule has 1 heterocycles. The van der Waals surface area contributed by atoms with Gasteiger partial charge in [-0.05, 0) is 17.7 Å². The van der Waals surface area contributed by atoms with Crippen LogP contribution in [0.4, 0.5) is 17.3 Å². The summed E-state index contributed by atoms with van der Waals surface area (Å²) in [5, 5.41) is 0. The number of amides is 1. The second kappa shape index (κ2) is 8.09. The minimum atomic E-state index is -5.06. The Morgan fingerprint density at radius 2 is 1.96 bits per heavy atom. The van der Waals surface area contributed by atoms with Crippen LogP contribution in [0.1, 0.15) is 5.56 Å². The zero-order valence-corrected chi connectivity index (χ0v) is 14.3. The third kappa shape index (κ3) is 5.29. The molecule has 1 amide bonds. The molecule has 1 fully saturated rings. The number of ether oxygens (including phenoxy) is 1. The van der Waals surface area contributed by atoms with Crippen molar-refractivity contribution in [2.45, 2.75) is 11.8 Å². The highest BCUT2D eigenvalue weighted by atomic mass is 32.3. The number of piperazine rings is 1. The zero-order chi connectivity index (χ0) is 17.7. The number of carbonyl (C=O) groups excluding carboxylic acids is 1. The van der Waals surface area contributed by atoms with Gasteiger partial charge in [-0.15, -0.1) is 11.7 Å². The molecule has 2 rings (SSSR count). The van der Waals surface area contributed by atoms with Gasteiger partial charge in [-0.3, -0.25) is 4.79 Å². The minimum absolute atomic E-state index is 0.161. The van der Waals surface area contributed by atoms with Gasteiger partial charge in [0.15, 0.2) is 0 Å². The Labute approximate surface area is 141 Å². The third-order valence-corrected chi connectivity index (χ3v) is 4.52. The van der Waals surface area contributed by atoms with E-state index in [1.165, 1.54) is 13.2 Å². The molecule has 1 aromatic carbocycles. The molecule has 0 saturated carbocycles. The fourth-order valence-electron chi connectivity index (χ4n) is 2.70. The van der Waals surface area contributed by atoms with Crippen molar-refractivity contribution in [1.82, 2.24) is 4.90 Å². The number of hydrogen-bond acceptors (Lipinski definition) is 4. The Morgan fingerprint density at radius 3 is 2.54 bits per heavy atom. The molecule has 0 aromatic heterocycles. The lowest BCUT2D eigenvalue weighted by molar-refractivity contribution is -0.134. The molecular formula is C15H22F3N3O2S. The molecule has 1 saturated heterocycles. The highest BCUT2D eigenvalue weighted by Gasteiger charge is 2.26. The summed E-state index contributed by atoms with van der Waals surface area (Å²) in [5.41, 5.74) is 6.78. The molecule has 1 atom stereocenters. The summed E-state index contributed by atoms with van der Waals surface area (Å²) in [7, 11) is 1.49. The van der Waals surface area contributed by atoms with E-state index in [1.807, 2.05) is 4.90 Å². The number of methoxy groups -OCH3 is 1. The molecule has 5 nitrogen and oxygen atoms in total. The molecular weight excluding hydrogens is 343 g/mol. The molecule has 0 aliphatic carbocycles. The highest BCUT2D eigenvalue weighted by molar-refractivity contribution is 8.20. The second-order valence-electron chi connectivity index (χ2n) is 5.69. The summed E-state index contributed by atoms with van der Waals surface area (Å²) < 4.78 is 42.7. The van der Waals surface area contributed by atoms with E-state index < -0.39 is 23.0 Å². The molecule has 0 bridgehead atoms. The monoisotopic (exact) mass is 365 g/mol. The first-order chi connectivity index (χ1) is 11.3.